The monoisotopic (exact) mass is 420 g/mol. The number of hydrogen-bond acceptors (Lipinski definition) is 4. The van der Waals surface area contributed by atoms with Gasteiger partial charge in [0.15, 0.2) is 0 Å². The molecule has 0 amide bonds. The molecule has 0 bridgehead atoms. The van der Waals surface area contributed by atoms with Gasteiger partial charge >= 0.3 is 11.9 Å². The summed E-state index contributed by atoms with van der Waals surface area (Å²) < 4.78 is 9.37. The van der Waals surface area contributed by atoms with Crippen molar-refractivity contribution in [3.63, 3.8) is 0 Å². The lowest BCUT2D eigenvalue weighted by atomic mass is 10.0. The van der Waals surface area contributed by atoms with Gasteiger partial charge in [0.05, 0.1) is 12.5 Å². The highest BCUT2D eigenvalue weighted by atomic mass is 16.5. The van der Waals surface area contributed by atoms with Crippen molar-refractivity contribution >= 4 is 11.9 Å². The molecule has 30 heavy (non-hydrogen) atoms. The lowest BCUT2D eigenvalue weighted by Gasteiger charge is -2.03. The molecule has 0 spiro atoms. The van der Waals surface area contributed by atoms with Crippen LogP contribution in [0, 0.1) is 0 Å². The number of rotatable bonds is 20. The van der Waals surface area contributed by atoms with Crippen molar-refractivity contribution < 1.29 is 19.1 Å². The highest BCUT2D eigenvalue weighted by Gasteiger charge is 2.01. The molecule has 4 nitrogen and oxygen atoms in total. The molecule has 0 aliphatic heterocycles. The van der Waals surface area contributed by atoms with Gasteiger partial charge in [-0.15, -0.1) is 0 Å². The van der Waals surface area contributed by atoms with Crippen LogP contribution in [-0.4, -0.2) is 11.9 Å². The van der Waals surface area contributed by atoms with Crippen LogP contribution < -0.4 is 0 Å². The molecule has 0 rings (SSSR count). The molecule has 0 saturated carbocycles. The first-order valence-corrected chi connectivity index (χ1v) is 11.5. The highest BCUT2D eigenvalue weighted by Crippen LogP contribution is 2.14. The van der Waals surface area contributed by atoms with Crippen LogP contribution >= 0.6 is 0 Å². The predicted molar refractivity (Wildman–Crippen MR) is 127 cm³/mol. The van der Waals surface area contributed by atoms with Crippen molar-refractivity contribution in [1.82, 2.24) is 0 Å². The molecule has 0 aromatic heterocycles. The van der Waals surface area contributed by atoms with Gasteiger partial charge in [-0.3, -0.25) is 9.59 Å². The molecule has 0 unspecified atom stereocenters. The van der Waals surface area contributed by atoms with Gasteiger partial charge < -0.3 is 9.47 Å². The van der Waals surface area contributed by atoms with E-state index < -0.39 is 0 Å². The van der Waals surface area contributed by atoms with Crippen LogP contribution in [0.15, 0.2) is 51.0 Å². The third-order valence-electron chi connectivity index (χ3n) is 4.61. The third kappa shape index (κ3) is 28.1. The minimum Gasteiger partial charge on any atom is -0.435 e. The summed E-state index contributed by atoms with van der Waals surface area (Å²) in [6.45, 7) is 13.5. The quantitative estimate of drug-likeness (QED) is 0.0867. The second-order valence-electron chi connectivity index (χ2n) is 7.23. The number of hydrogen-bond donors (Lipinski definition) is 0. The van der Waals surface area contributed by atoms with Crippen LogP contribution in [-0.2, 0) is 19.1 Å². The second-order valence-corrected chi connectivity index (χ2v) is 7.23. The average Bonchev–Trinajstić information content (AvgIpc) is 2.74. The van der Waals surface area contributed by atoms with E-state index in [-0.39, 0.29) is 11.9 Å². The maximum Gasteiger partial charge on any atom is 0.310 e. The largest absolute Gasteiger partial charge is 0.435 e. The van der Waals surface area contributed by atoms with Gasteiger partial charge in [-0.25, -0.2) is 0 Å². The number of carbonyl (C=O) groups is 2. The smallest absolute Gasteiger partial charge is 0.310 e. The molecule has 0 aromatic rings. The Bertz CT molecular complexity index is 412. The Balaban J connectivity index is 0. The van der Waals surface area contributed by atoms with Gasteiger partial charge in [-0.05, 0) is 12.8 Å². The molecule has 0 aliphatic carbocycles. The van der Waals surface area contributed by atoms with Crippen LogP contribution in [0.1, 0.15) is 103 Å². The number of unbranched alkanes of at least 4 members (excludes halogenated alkanes) is 13. The Morgan fingerprint density at radius 2 is 0.700 bits per heavy atom. The molecule has 172 valence electrons. The van der Waals surface area contributed by atoms with Gasteiger partial charge in [-0.2, -0.15) is 0 Å². The van der Waals surface area contributed by atoms with Crippen LogP contribution in [0.25, 0.3) is 0 Å². The van der Waals surface area contributed by atoms with E-state index in [1.807, 2.05) is 0 Å². The zero-order valence-electron chi connectivity index (χ0n) is 19.1. The summed E-state index contributed by atoms with van der Waals surface area (Å²) in [7, 11) is 0. The van der Waals surface area contributed by atoms with E-state index >= 15 is 0 Å². The van der Waals surface area contributed by atoms with Crippen LogP contribution in [0.3, 0.4) is 0 Å². The highest BCUT2D eigenvalue weighted by molar-refractivity contribution is 5.70. The fraction of sp³-hybridized carbons (Fsp3) is 0.615. The number of esters is 2. The molecule has 4 heteroatoms. The number of carbonyl (C=O) groups excluding carboxylic acids is 2. The lowest BCUT2D eigenvalue weighted by Crippen LogP contribution is -1.98. The molecule has 0 heterocycles. The first kappa shape index (κ1) is 30.1. The van der Waals surface area contributed by atoms with E-state index in [0.29, 0.717) is 12.8 Å². The third-order valence-corrected chi connectivity index (χ3v) is 4.61. The molecule has 0 radical (unpaired) electrons. The van der Waals surface area contributed by atoms with Crippen LogP contribution in [0.2, 0.25) is 0 Å². The molecular weight excluding hydrogens is 376 g/mol. The predicted octanol–water partition coefficient (Wildman–Crippen LogP) is 7.96. The molecule has 0 aliphatic rings. The maximum absolute atomic E-state index is 11.1. The summed E-state index contributed by atoms with van der Waals surface area (Å²) in [6.07, 6.45) is 23.6. The molecule has 0 fully saturated rings. The summed E-state index contributed by atoms with van der Waals surface area (Å²) >= 11 is 0. The number of allylic oxidation sites excluding steroid dienone is 2. The van der Waals surface area contributed by atoms with E-state index in [0.717, 1.165) is 25.7 Å². The Hall–Kier alpha value is -2.10. The van der Waals surface area contributed by atoms with E-state index in [1.54, 1.807) is 12.2 Å². The Morgan fingerprint density at radius 1 is 0.467 bits per heavy atom. The zero-order valence-corrected chi connectivity index (χ0v) is 19.1. The minimum atomic E-state index is -0.171. The molecule has 0 saturated heterocycles. The van der Waals surface area contributed by atoms with Gasteiger partial charge in [-0.1, -0.05) is 116 Å². The Kier molecular flexibility index (Phi) is 27.0. The van der Waals surface area contributed by atoms with Crippen molar-refractivity contribution in [2.45, 2.75) is 103 Å². The van der Waals surface area contributed by atoms with Crippen LogP contribution in [0.4, 0.5) is 0 Å². The summed E-state index contributed by atoms with van der Waals surface area (Å²) in [5, 5.41) is 0. The topological polar surface area (TPSA) is 52.6 Å². The average molecular weight is 421 g/mol. The van der Waals surface area contributed by atoms with Gasteiger partial charge in [0.25, 0.3) is 0 Å². The van der Waals surface area contributed by atoms with Crippen molar-refractivity contribution in [3.05, 3.63) is 51.0 Å². The Labute approximate surface area is 185 Å². The normalized spacial score (nSPS) is 9.60. The fourth-order valence-electron chi connectivity index (χ4n) is 2.96. The van der Waals surface area contributed by atoms with E-state index in [9.17, 15) is 9.59 Å². The van der Waals surface area contributed by atoms with E-state index in [1.165, 1.54) is 76.7 Å². The fourth-order valence-corrected chi connectivity index (χ4v) is 2.96. The SMILES string of the molecule is C=CC=C.C=COC(=O)CCCCCCCCCCCCCCCCC(=O)OC=C. The van der Waals surface area contributed by atoms with Gasteiger partial charge in [0.2, 0.25) is 0 Å². The lowest BCUT2D eigenvalue weighted by molar-refractivity contribution is -0.139. The van der Waals surface area contributed by atoms with Crippen molar-refractivity contribution in [3.8, 4) is 0 Å². The Morgan fingerprint density at radius 3 is 0.900 bits per heavy atom. The van der Waals surface area contributed by atoms with Crippen molar-refractivity contribution in [2.75, 3.05) is 0 Å². The number of ether oxygens (including phenoxy) is 2. The minimum absolute atomic E-state index is 0.171. The van der Waals surface area contributed by atoms with Gasteiger partial charge in [0, 0.05) is 12.8 Å². The standard InChI is InChI=1S/C22H38O4.C4H6/c1-3-25-21(23)19-17-15-13-11-9-7-5-6-8-10-12-14-16-18-20-22(24)26-4-2;1-3-4-2/h3-4H,1-2,5-20H2;3-4H,1-2H2. The molecule has 0 atom stereocenters. The van der Waals surface area contributed by atoms with E-state index in [2.05, 4.69) is 35.8 Å². The molecule has 0 aromatic carbocycles. The summed E-state index contributed by atoms with van der Waals surface area (Å²) in [4.78, 5) is 22.2. The first-order valence-electron chi connectivity index (χ1n) is 11.5. The summed E-state index contributed by atoms with van der Waals surface area (Å²) in [6, 6.07) is 0. The van der Waals surface area contributed by atoms with E-state index in [4.69, 9.17) is 0 Å². The van der Waals surface area contributed by atoms with Gasteiger partial charge in [0.1, 0.15) is 0 Å². The zero-order chi connectivity index (χ0) is 22.7. The van der Waals surface area contributed by atoms with Crippen LogP contribution in [0.5, 0.6) is 0 Å². The van der Waals surface area contributed by atoms with Crippen molar-refractivity contribution in [1.29, 1.82) is 0 Å². The maximum atomic E-state index is 11.1. The molecule has 0 N–H and O–H groups in total. The second kappa shape index (κ2) is 26.9. The van der Waals surface area contributed by atoms with Crippen molar-refractivity contribution in [2.24, 2.45) is 0 Å². The first-order chi connectivity index (χ1) is 14.6. The molecular formula is C26H44O4. The summed E-state index contributed by atoms with van der Waals surface area (Å²) in [5.74, 6) is -0.342. The summed E-state index contributed by atoms with van der Waals surface area (Å²) in [5.41, 5.74) is 0.